The van der Waals surface area contributed by atoms with Crippen LogP contribution in [0.3, 0.4) is 0 Å². The van der Waals surface area contributed by atoms with E-state index in [-0.39, 0.29) is 5.92 Å². The van der Waals surface area contributed by atoms with E-state index in [9.17, 15) is 9.90 Å². The zero-order valence-electron chi connectivity index (χ0n) is 22.8. The summed E-state index contributed by atoms with van der Waals surface area (Å²) in [5.74, 6) is 1.56. The van der Waals surface area contributed by atoms with Crippen LogP contribution in [0.2, 0.25) is 0 Å². The molecule has 0 amide bonds. The zero-order valence-corrected chi connectivity index (χ0v) is 22.8. The number of rotatable bonds is 17. The van der Waals surface area contributed by atoms with Gasteiger partial charge in [-0.05, 0) is 66.1 Å². The van der Waals surface area contributed by atoms with E-state index in [2.05, 4.69) is 0 Å². The van der Waals surface area contributed by atoms with Crippen molar-refractivity contribution in [1.82, 2.24) is 0 Å². The molecule has 8 heteroatoms. The van der Waals surface area contributed by atoms with Gasteiger partial charge in [0.25, 0.3) is 0 Å². The summed E-state index contributed by atoms with van der Waals surface area (Å²) < 4.78 is 32.6. The highest BCUT2D eigenvalue weighted by molar-refractivity contribution is 5.91. The summed E-state index contributed by atoms with van der Waals surface area (Å²) >= 11 is 0. The maximum absolute atomic E-state index is 12.5. The third-order valence-electron chi connectivity index (χ3n) is 6.09. The van der Waals surface area contributed by atoms with Gasteiger partial charge >= 0.3 is 5.97 Å². The fourth-order valence-electron chi connectivity index (χ4n) is 3.49. The van der Waals surface area contributed by atoms with Gasteiger partial charge < -0.3 is 33.5 Å². The van der Waals surface area contributed by atoms with Crippen LogP contribution in [-0.2, 0) is 14.2 Å². The number of carbonyl (C=O) groups excluding carboxylic acids is 1. The van der Waals surface area contributed by atoms with Gasteiger partial charge in [-0.15, -0.1) is 0 Å². The highest BCUT2D eigenvalue weighted by Gasteiger charge is 2.12. The molecule has 1 N–H and O–H groups in total. The molecule has 0 radical (unpaired) electrons. The summed E-state index contributed by atoms with van der Waals surface area (Å²) in [5, 5.41) is 9.72. The van der Waals surface area contributed by atoms with Crippen LogP contribution in [-0.4, -0.2) is 64.1 Å². The average molecular weight is 539 g/mol. The maximum atomic E-state index is 12.5. The predicted octanol–water partition coefficient (Wildman–Crippen LogP) is 5.37. The molecule has 3 rings (SSSR count). The Morgan fingerprint density at radius 1 is 0.718 bits per heavy atom. The first-order valence-electron chi connectivity index (χ1n) is 13.1. The van der Waals surface area contributed by atoms with Crippen LogP contribution in [0.5, 0.6) is 17.2 Å². The molecule has 0 bridgehead atoms. The normalized spacial score (nSPS) is 12.5. The van der Waals surface area contributed by atoms with Crippen LogP contribution in [0, 0.1) is 5.92 Å². The van der Waals surface area contributed by atoms with Crippen molar-refractivity contribution in [2.24, 2.45) is 5.92 Å². The number of methoxy groups -OCH3 is 1. The lowest BCUT2D eigenvalue weighted by atomic mass is 10.1. The highest BCUT2D eigenvalue weighted by Crippen LogP contribution is 2.25. The number of hydrogen-bond donors (Lipinski definition) is 1. The molecule has 0 heterocycles. The van der Waals surface area contributed by atoms with Crippen molar-refractivity contribution in [3.63, 3.8) is 0 Å². The van der Waals surface area contributed by atoms with Gasteiger partial charge in [0.1, 0.15) is 23.9 Å². The number of aliphatic hydroxyl groups is 1. The van der Waals surface area contributed by atoms with Crippen molar-refractivity contribution >= 4 is 5.97 Å². The number of carbonyl (C=O) groups is 1. The second-order valence-electron chi connectivity index (χ2n) is 8.89. The minimum absolute atomic E-state index is 0.105. The van der Waals surface area contributed by atoms with E-state index >= 15 is 0 Å². The molecule has 0 aliphatic rings. The van der Waals surface area contributed by atoms with Crippen molar-refractivity contribution in [3.8, 4) is 28.4 Å². The summed E-state index contributed by atoms with van der Waals surface area (Å²) in [6, 6.07) is 21.9. The first kappa shape index (κ1) is 30.1. The summed E-state index contributed by atoms with van der Waals surface area (Å²) in [7, 11) is 1.64. The Morgan fingerprint density at radius 3 is 1.79 bits per heavy atom. The van der Waals surface area contributed by atoms with Crippen molar-refractivity contribution in [1.29, 1.82) is 0 Å². The number of hydrogen-bond acceptors (Lipinski definition) is 8. The first-order valence-corrected chi connectivity index (χ1v) is 13.1. The molecular weight excluding hydrogens is 500 g/mol. The SMILES string of the molecule is CCC(C)C(O)OCCOCCOCCOc1ccc(C(=O)Oc2ccc(-c3ccc(OC)cc3)cc2)cc1. The van der Waals surface area contributed by atoms with E-state index in [1.165, 1.54) is 0 Å². The molecule has 3 aromatic carbocycles. The molecule has 210 valence electrons. The summed E-state index contributed by atoms with van der Waals surface area (Å²) in [6.45, 7) is 6.33. The van der Waals surface area contributed by atoms with Gasteiger partial charge in [0.05, 0.1) is 45.7 Å². The van der Waals surface area contributed by atoms with Crippen LogP contribution < -0.4 is 14.2 Å². The summed E-state index contributed by atoms with van der Waals surface area (Å²) in [6.07, 6.45) is 0.104. The molecule has 8 nitrogen and oxygen atoms in total. The molecule has 0 saturated heterocycles. The molecule has 39 heavy (non-hydrogen) atoms. The number of benzene rings is 3. The largest absolute Gasteiger partial charge is 0.497 e. The number of ether oxygens (including phenoxy) is 6. The molecule has 0 fully saturated rings. The van der Waals surface area contributed by atoms with E-state index < -0.39 is 12.3 Å². The average Bonchev–Trinajstić information content (AvgIpc) is 2.98. The van der Waals surface area contributed by atoms with Gasteiger partial charge in [-0.2, -0.15) is 0 Å². The maximum Gasteiger partial charge on any atom is 0.343 e. The van der Waals surface area contributed by atoms with E-state index in [1.54, 1.807) is 43.5 Å². The molecule has 3 aromatic rings. The minimum atomic E-state index is -0.754. The van der Waals surface area contributed by atoms with Crippen LogP contribution in [0.15, 0.2) is 72.8 Å². The van der Waals surface area contributed by atoms with Gasteiger partial charge in [0.15, 0.2) is 6.29 Å². The van der Waals surface area contributed by atoms with Gasteiger partial charge in [0.2, 0.25) is 0 Å². The van der Waals surface area contributed by atoms with E-state index in [0.717, 1.165) is 23.3 Å². The molecule has 0 aromatic heterocycles. The first-order chi connectivity index (χ1) is 19.0. The molecule has 0 aliphatic carbocycles. The Balaban J connectivity index is 1.29. The second kappa shape index (κ2) is 16.5. The van der Waals surface area contributed by atoms with Gasteiger partial charge in [-0.25, -0.2) is 4.79 Å². The number of esters is 1. The monoisotopic (exact) mass is 538 g/mol. The zero-order chi connectivity index (χ0) is 27.9. The van der Waals surface area contributed by atoms with Crippen molar-refractivity contribution < 1.29 is 38.3 Å². The minimum Gasteiger partial charge on any atom is -0.497 e. The van der Waals surface area contributed by atoms with E-state index in [1.807, 2.05) is 50.2 Å². The smallest absolute Gasteiger partial charge is 0.343 e. The third-order valence-corrected chi connectivity index (χ3v) is 6.09. The van der Waals surface area contributed by atoms with Gasteiger partial charge in [0, 0.05) is 5.92 Å². The van der Waals surface area contributed by atoms with Gasteiger partial charge in [-0.3, -0.25) is 0 Å². The third kappa shape index (κ3) is 10.3. The Labute approximate surface area is 230 Å². The highest BCUT2D eigenvalue weighted by atomic mass is 16.6. The van der Waals surface area contributed by atoms with Crippen molar-refractivity contribution in [2.45, 2.75) is 26.6 Å². The molecule has 0 aliphatic heterocycles. The molecule has 0 saturated carbocycles. The fourth-order valence-corrected chi connectivity index (χ4v) is 3.49. The topological polar surface area (TPSA) is 92.7 Å². The van der Waals surface area contributed by atoms with E-state index in [0.29, 0.717) is 56.7 Å². The lowest BCUT2D eigenvalue weighted by Gasteiger charge is -2.17. The summed E-state index contributed by atoms with van der Waals surface area (Å²) in [5.41, 5.74) is 2.48. The Morgan fingerprint density at radius 2 is 1.23 bits per heavy atom. The quantitative estimate of drug-likeness (QED) is 0.106. The Kier molecular flexibility index (Phi) is 12.8. The molecule has 0 spiro atoms. The predicted molar refractivity (Wildman–Crippen MR) is 148 cm³/mol. The lowest BCUT2D eigenvalue weighted by molar-refractivity contribution is -0.141. The molecule has 2 atom stereocenters. The Bertz CT molecular complexity index is 1100. The Hall–Kier alpha value is -3.43. The summed E-state index contributed by atoms with van der Waals surface area (Å²) in [4.78, 5) is 12.5. The number of aliphatic hydroxyl groups excluding tert-OH is 1. The van der Waals surface area contributed by atoms with Crippen LogP contribution in [0.1, 0.15) is 30.6 Å². The molecular formula is C31H38O8. The fraction of sp³-hybridized carbons (Fsp3) is 0.387. The standard InChI is InChI=1S/C31H38O8/c1-4-23(2)30(32)38-22-20-36-18-17-35-19-21-37-28-13-9-26(10-14-28)31(33)39-29-15-7-25(8-16-29)24-5-11-27(34-3)12-6-24/h5-16,23,30,32H,4,17-22H2,1-3H3. The second-order valence-corrected chi connectivity index (χ2v) is 8.89. The van der Waals surface area contributed by atoms with Crippen molar-refractivity contribution in [2.75, 3.05) is 46.8 Å². The van der Waals surface area contributed by atoms with Gasteiger partial charge in [-0.1, -0.05) is 38.1 Å². The van der Waals surface area contributed by atoms with Crippen LogP contribution in [0.25, 0.3) is 11.1 Å². The van der Waals surface area contributed by atoms with Crippen LogP contribution in [0.4, 0.5) is 0 Å². The van der Waals surface area contributed by atoms with Crippen LogP contribution >= 0.6 is 0 Å². The lowest BCUT2D eigenvalue weighted by Crippen LogP contribution is -2.23. The van der Waals surface area contributed by atoms with E-state index in [4.69, 9.17) is 28.4 Å². The molecule has 2 unspecified atom stereocenters. The van der Waals surface area contributed by atoms with Crippen molar-refractivity contribution in [3.05, 3.63) is 78.4 Å².